The first-order chi connectivity index (χ1) is 16.7. The van der Waals surface area contributed by atoms with E-state index in [4.69, 9.17) is 5.73 Å². The van der Waals surface area contributed by atoms with Crippen LogP contribution in [0.1, 0.15) is 77.2 Å². The maximum Gasteiger partial charge on any atom is 0.416 e. The average molecular weight is 508 g/mol. The van der Waals surface area contributed by atoms with Gasteiger partial charge in [-0.15, -0.1) is 0 Å². The van der Waals surface area contributed by atoms with E-state index in [-0.39, 0.29) is 30.0 Å². The van der Waals surface area contributed by atoms with Crippen LogP contribution in [0.5, 0.6) is 0 Å². The normalized spacial score (nSPS) is 22.0. The minimum Gasteiger partial charge on any atom is -0.359 e. The number of piperidine rings is 1. The number of aromatic nitrogens is 2. The van der Waals surface area contributed by atoms with Crippen LogP contribution in [0, 0.1) is 0 Å². The summed E-state index contributed by atoms with van der Waals surface area (Å²) in [4.78, 5) is 26.4. The lowest BCUT2D eigenvalue weighted by atomic mass is 9.93. The Hall–Kier alpha value is -2.53. The number of nitrogens with zero attached hydrogens (tertiary/aromatic N) is 4. The van der Waals surface area contributed by atoms with Crippen LogP contribution in [0.2, 0.25) is 0 Å². The first-order valence-electron chi connectivity index (χ1n) is 12.0. The molecule has 0 spiro atoms. The molecule has 2 N–H and O–H groups in total. The number of primary amides is 1. The van der Waals surface area contributed by atoms with Crippen molar-refractivity contribution < 1.29 is 22.8 Å². The third kappa shape index (κ3) is 5.06. The van der Waals surface area contributed by atoms with E-state index in [0.29, 0.717) is 37.5 Å². The Morgan fingerprint density at radius 2 is 1.71 bits per heavy atom. The molecule has 0 unspecified atom stereocenters. The quantitative estimate of drug-likeness (QED) is 0.590. The highest BCUT2D eigenvalue weighted by atomic mass is 32.2. The molecule has 7 nitrogen and oxygen atoms in total. The van der Waals surface area contributed by atoms with Gasteiger partial charge in [0.05, 0.1) is 29.1 Å². The number of likely N-dealkylation sites (tertiary alicyclic amines) is 1. The van der Waals surface area contributed by atoms with E-state index in [2.05, 4.69) is 5.10 Å². The molecule has 0 bridgehead atoms. The number of carbonyl (C=O) groups excluding carboxylic acids is 2. The summed E-state index contributed by atoms with van der Waals surface area (Å²) in [5.74, 6) is -0.200. The molecule has 1 atom stereocenters. The minimum atomic E-state index is -4.42. The first-order valence-corrected chi connectivity index (χ1v) is 12.7. The summed E-state index contributed by atoms with van der Waals surface area (Å²) in [7, 11) is 0. The highest BCUT2D eigenvalue weighted by Crippen LogP contribution is 2.44. The molecule has 188 valence electrons. The van der Waals surface area contributed by atoms with Crippen LogP contribution in [-0.2, 0) is 6.18 Å². The molecule has 11 heteroatoms. The van der Waals surface area contributed by atoms with Gasteiger partial charge in [0.25, 0.3) is 11.1 Å². The topological polar surface area (TPSA) is 84.5 Å². The summed E-state index contributed by atoms with van der Waals surface area (Å²) in [6.45, 7) is 2.10. The van der Waals surface area contributed by atoms with E-state index < -0.39 is 17.0 Å². The van der Waals surface area contributed by atoms with Gasteiger partial charge in [0.2, 0.25) is 0 Å². The number of nitrogens with two attached hydrogens (primary N) is 1. The standard InChI is InChI=1S/C24H28F3N5O2S/c25-24(26,27)20-4-2-1-3-18(20)16-7-10-30(14-16)22(33)19-13-29-32(21(19)15-5-6-15)17-8-11-31(12-9-17)35-23(28)34/h1-4,13,15-17H,5-12,14H2,(H2,28,34)/t16-/m1/s1. The molecule has 2 aromatic rings. The Labute approximate surface area is 205 Å². The maximum absolute atomic E-state index is 13.5. The minimum absolute atomic E-state index is 0.141. The van der Waals surface area contributed by atoms with Crippen molar-refractivity contribution in [3.05, 3.63) is 52.8 Å². The van der Waals surface area contributed by atoms with Crippen LogP contribution in [0.4, 0.5) is 18.0 Å². The van der Waals surface area contributed by atoms with Crippen molar-refractivity contribution in [1.82, 2.24) is 19.0 Å². The summed E-state index contributed by atoms with van der Waals surface area (Å²) in [6.07, 6.45) is 1.33. The monoisotopic (exact) mass is 507 g/mol. The zero-order chi connectivity index (χ0) is 24.7. The second kappa shape index (κ2) is 9.50. The van der Waals surface area contributed by atoms with E-state index in [0.717, 1.165) is 49.4 Å². The van der Waals surface area contributed by atoms with Crippen LogP contribution < -0.4 is 5.73 Å². The highest BCUT2D eigenvalue weighted by Gasteiger charge is 2.40. The van der Waals surface area contributed by atoms with Gasteiger partial charge >= 0.3 is 6.18 Å². The summed E-state index contributed by atoms with van der Waals surface area (Å²) >= 11 is 1.03. The summed E-state index contributed by atoms with van der Waals surface area (Å²) in [6, 6.07) is 5.80. The molecule has 3 heterocycles. The van der Waals surface area contributed by atoms with Crippen LogP contribution in [-0.4, -0.2) is 56.3 Å². The molecule has 2 amide bonds. The van der Waals surface area contributed by atoms with Crippen LogP contribution in [0.25, 0.3) is 0 Å². The molecule has 5 rings (SSSR count). The van der Waals surface area contributed by atoms with Gasteiger partial charge in [-0.05, 0) is 43.7 Å². The van der Waals surface area contributed by atoms with Crippen LogP contribution >= 0.6 is 11.9 Å². The number of halogens is 3. The average Bonchev–Trinajstić information content (AvgIpc) is 3.37. The van der Waals surface area contributed by atoms with Gasteiger partial charge in [0.1, 0.15) is 0 Å². The Kier molecular flexibility index (Phi) is 6.56. The van der Waals surface area contributed by atoms with Gasteiger partial charge in [-0.1, -0.05) is 18.2 Å². The van der Waals surface area contributed by atoms with E-state index >= 15 is 0 Å². The molecule has 1 aromatic carbocycles. The van der Waals surface area contributed by atoms with Gasteiger partial charge in [-0.25, -0.2) is 4.31 Å². The third-order valence-corrected chi connectivity index (χ3v) is 8.00. The molecule has 3 aliphatic rings. The second-order valence-corrected chi connectivity index (χ2v) is 10.7. The molecule has 2 aliphatic heterocycles. The van der Waals surface area contributed by atoms with E-state index in [1.54, 1.807) is 17.2 Å². The van der Waals surface area contributed by atoms with E-state index in [9.17, 15) is 22.8 Å². The van der Waals surface area contributed by atoms with Gasteiger partial charge in [-0.2, -0.15) is 18.3 Å². The molecule has 3 fully saturated rings. The molecule has 35 heavy (non-hydrogen) atoms. The Morgan fingerprint density at radius 3 is 2.37 bits per heavy atom. The van der Waals surface area contributed by atoms with E-state index in [1.807, 2.05) is 8.99 Å². The molecule has 1 aromatic heterocycles. The first kappa shape index (κ1) is 24.2. The fraction of sp³-hybridized carbons (Fsp3) is 0.542. The van der Waals surface area contributed by atoms with E-state index in [1.165, 1.54) is 12.1 Å². The van der Waals surface area contributed by atoms with Crippen molar-refractivity contribution in [3.63, 3.8) is 0 Å². The van der Waals surface area contributed by atoms with Crippen molar-refractivity contribution in [1.29, 1.82) is 0 Å². The summed E-state index contributed by atoms with van der Waals surface area (Å²) in [5.41, 5.74) is 6.45. The second-order valence-electron chi connectivity index (χ2n) is 9.55. The number of alkyl halides is 3. The Morgan fingerprint density at radius 1 is 1.00 bits per heavy atom. The highest BCUT2D eigenvalue weighted by molar-refractivity contribution is 8.11. The fourth-order valence-electron chi connectivity index (χ4n) is 5.38. The fourth-order valence-corrected chi connectivity index (χ4v) is 6.02. The number of hydrogen-bond donors (Lipinski definition) is 1. The van der Waals surface area contributed by atoms with Crippen molar-refractivity contribution >= 4 is 23.1 Å². The predicted molar refractivity (Wildman–Crippen MR) is 126 cm³/mol. The number of rotatable bonds is 5. The lowest BCUT2D eigenvalue weighted by Gasteiger charge is -2.31. The van der Waals surface area contributed by atoms with Crippen molar-refractivity contribution in [2.75, 3.05) is 26.2 Å². The lowest BCUT2D eigenvalue weighted by molar-refractivity contribution is -0.138. The lowest BCUT2D eigenvalue weighted by Crippen LogP contribution is -2.33. The largest absolute Gasteiger partial charge is 0.416 e. The van der Waals surface area contributed by atoms with Crippen molar-refractivity contribution in [2.24, 2.45) is 5.73 Å². The zero-order valence-electron chi connectivity index (χ0n) is 19.2. The van der Waals surface area contributed by atoms with Crippen molar-refractivity contribution in [3.8, 4) is 0 Å². The van der Waals surface area contributed by atoms with Gasteiger partial charge < -0.3 is 10.6 Å². The smallest absolute Gasteiger partial charge is 0.359 e. The number of amides is 2. The Balaban J connectivity index is 1.32. The molecule has 1 aliphatic carbocycles. The van der Waals surface area contributed by atoms with Gasteiger partial charge in [0.15, 0.2) is 0 Å². The van der Waals surface area contributed by atoms with Crippen molar-refractivity contribution in [2.45, 2.75) is 56.2 Å². The molecular weight excluding hydrogens is 479 g/mol. The summed E-state index contributed by atoms with van der Waals surface area (Å²) < 4.78 is 44.5. The van der Waals surface area contributed by atoms with Crippen LogP contribution in [0.15, 0.2) is 30.5 Å². The number of benzene rings is 1. The molecule has 0 radical (unpaired) electrons. The molecular formula is C24H28F3N5O2S. The zero-order valence-corrected chi connectivity index (χ0v) is 20.0. The third-order valence-electron chi connectivity index (χ3n) is 7.20. The van der Waals surface area contributed by atoms with Crippen LogP contribution in [0.3, 0.4) is 0 Å². The summed E-state index contributed by atoms with van der Waals surface area (Å²) in [5, 5.41) is 4.19. The number of carbonyl (C=O) groups is 2. The Bertz CT molecular complexity index is 1110. The molecule has 2 saturated heterocycles. The predicted octanol–water partition coefficient (Wildman–Crippen LogP) is 4.77. The SMILES string of the molecule is NC(=O)SN1CCC(n2ncc(C(=O)N3CC[C@@H](c4ccccc4C(F)(F)F)C3)c2C2CC2)CC1. The number of hydrogen-bond acceptors (Lipinski definition) is 5. The molecule has 1 saturated carbocycles. The van der Waals surface area contributed by atoms with Gasteiger partial charge in [0, 0.05) is 50.0 Å². The maximum atomic E-state index is 13.5. The van der Waals surface area contributed by atoms with Gasteiger partial charge in [-0.3, -0.25) is 14.3 Å².